The number of benzene rings is 1. The smallest absolute Gasteiger partial charge is 0.422 e. The Hall–Kier alpha value is -1.67. The Morgan fingerprint density at radius 2 is 1.87 bits per heavy atom. The minimum Gasteiger partial charge on any atom is -0.493 e. The predicted octanol–water partition coefficient (Wildman–Crippen LogP) is 2.41. The maximum absolute atomic E-state index is 12.2. The molecule has 0 aliphatic rings. The molecule has 0 aromatic heterocycles. The van der Waals surface area contributed by atoms with Crippen molar-refractivity contribution in [3.63, 3.8) is 0 Å². The second-order valence-corrected chi connectivity index (χ2v) is 5.29. The lowest BCUT2D eigenvalue weighted by Gasteiger charge is -2.18. The maximum Gasteiger partial charge on any atom is 0.422 e. The van der Waals surface area contributed by atoms with Crippen LogP contribution in [-0.2, 0) is 11.3 Å². The Kier molecular flexibility index (Phi) is 7.66. The molecular formula is C14H20ClF3N2O3. The molecule has 0 aliphatic heterocycles. The van der Waals surface area contributed by atoms with Gasteiger partial charge in [-0.25, -0.2) is 0 Å². The van der Waals surface area contributed by atoms with Gasteiger partial charge < -0.3 is 20.5 Å². The zero-order valence-corrected chi connectivity index (χ0v) is 13.8. The summed E-state index contributed by atoms with van der Waals surface area (Å²) < 4.78 is 46.1. The first-order valence-electron chi connectivity index (χ1n) is 6.46. The third kappa shape index (κ3) is 7.43. The summed E-state index contributed by atoms with van der Waals surface area (Å²) in [5, 5.41) is 2.63. The van der Waals surface area contributed by atoms with Gasteiger partial charge >= 0.3 is 6.18 Å². The normalized spacial score (nSPS) is 11.4. The van der Waals surface area contributed by atoms with Gasteiger partial charge in [-0.2, -0.15) is 13.2 Å². The van der Waals surface area contributed by atoms with Crippen LogP contribution in [0.2, 0.25) is 0 Å². The molecule has 0 saturated carbocycles. The van der Waals surface area contributed by atoms with Crippen LogP contribution in [0.3, 0.4) is 0 Å². The summed E-state index contributed by atoms with van der Waals surface area (Å²) >= 11 is 0. The zero-order chi connectivity index (χ0) is 17.0. The van der Waals surface area contributed by atoms with Gasteiger partial charge in [0.15, 0.2) is 18.1 Å². The van der Waals surface area contributed by atoms with Gasteiger partial charge in [0, 0.05) is 6.54 Å². The fourth-order valence-electron chi connectivity index (χ4n) is 1.51. The van der Waals surface area contributed by atoms with Crippen molar-refractivity contribution in [1.82, 2.24) is 5.32 Å². The van der Waals surface area contributed by atoms with Crippen LogP contribution in [0.4, 0.5) is 13.2 Å². The van der Waals surface area contributed by atoms with Crippen LogP contribution in [0.1, 0.15) is 19.4 Å². The van der Waals surface area contributed by atoms with Crippen molar-refractivity contribution >= 4 is 18.3 Å². The third-order valence-electron chi connectivity index (χ3n) is 2.66. The fraction of sp³-hybridized carbons (Fsp3) is 0.500. The Labute approximate surface area is 138 Å². The van der Waals surface area contributed by atoms with Gasteiger partial charge in [-0.05, 0) is 31.5 Å². The molecular weight excluding hydrogens is 337 g/mol. The van der Waals surface area contributed by atoms with Gasteiger partial charge in [0.2, 0.25) is 5.91 Å². The SMILES string of the molecule is COc1cc(CNC(=O)C(C)(C)N)ccc1OCC(F)(F)F.Cl. The molecule has 1 rings (SSSR count). The largest absolute Gasteiger partial charge is 0.493 e. The van der Waals surface area contributed by atoms with E-state index in [2.05, 4.69) is 10.1 Å². The number of alkyl halides is 3. The van der Waals surface area contributed by atoms with Crippen LogP contribution < -0.4 is 20.5 Å². The van der Waals surface area contributed by atoms with Crippen LogP contribution in [-0.4, -0.2) is 31.3 Å². The molecule has 5 nitrogen and oxygen atoms in total. The second-order valence-electron chi connectivity index (χ2n) is 5.29. The van der Waals surface area contributed by atoms with Gasteiger partial charge in [0.25, 0.3) is 0 Å². The van der Waals surface area contributed by atoms with Crippen molar-refractivity contribution in [3.05, 3.63) is 23.8 Å². The molecule has 0 unspecified atom stereocenters. The number of methoxy groups -OCH3 is 1. The van der Waals surface area contributed by atoms with Crippen molar-refractivity contribution in [3.8, 4) is 11.5 Å². The molecule has 0 spiro atoms. The molecule has 23 heavy (non-hydrogen) atoms. The molecule has 1 aromatic rings. The molecule has 1 aromatic carbocycles. The van der Waals surface area contributed by atoms with Gasteiger partial charge in [0.1, 0.15) is 0 Å². The monoisotopic (exact) mass is 356 g/mol. The summed E-state index contributed by atoms with van der Waals surface area (Å²) in [5.41, 5.74) is 5.27. The Balaban J connectivity index is 0.00000484. The predicted molar refractivity (Wildman–Crippen MR) is 81.9 cm³/mol. The molecule has 0 fully saturated rings. The van der Waals surface area contributed by atoms with E-state index in [9.17, 15) is 18.0 Å². The van der Waals surface area contributed by atoms with E-state index in [0.29, 0.717) is 5.56 Å². The van der Waals surface area contributed by atoms with Crippen LogP contribution in [0.15, 0.2) is 18.2 Å². The Bertz CT molecular complexity index is 531. The summed E-state index contributed by atoms with van der Waals surface area (Å²) in [7, 11) is 1.32. The Morgan fingerprint density at radius 3 is 2.35 bits per heavy atom. The minimum absolute atomic E-state index is 0. The molecule has 0 heterocycles. The third-order valence-corrected chi connectivity index (χ3v) is 2.66. The number of halogens is 4. The number of nitrogens with two attached hydrogens (primary N) is 1. The lowest BCUT2D eigenvalue weighted by molar-refractivity contribution is -0.153. The highest BCUT2D eigenvalue weighted by Gasteiger charge is 2.29. The van der Waals surface area contributed by atoms with Gasteiger partial charge in [-0.3, -0.25) is 4.79 Å². The molecule has 0 saturated heterocycles. The first kappa shape index (κ1) is 21.3. The summed E-state index contributed by atoms with van der Waals surface area (Å²) in [6, 6.07) is 4.40. The number of carbonyl (C=O) groups is 1. The van der Waals surface area contributed by atoms with Gasteiger partial charge in [-0.1, -0.05) is 6.07 Å². The van der Waals surface area contributed by atoms with Crippen LogP contribution >= 0.6 is 12.4 Å². The number of rotatable bonds is 6. The fourth-order valence-corrected chi connectivity index (χ4v) is 1.51. The lowest BCUT2D eigenvalue weighted by atomic mass is 10.1. The minimum atomic E-state index is -4.43. The average Bonchev–Trinajstić information content (AvgIpc) is 2.40. The van der Waals surface area contributed by atoms with Crippen LogP contribution in [0.5, 0.6) is 11.5 Å². The molecule has 9 heteroatoms. The summed E-state index contributed by atoms with van der Waals surface area (Å²) in [6.07, 6.45) is -4.43. The number of carbonyl (C=O) groups excluding carboxylic acids is 1. The average molecular weight is 357 g/mol. The summed E-state index contributed by atoms with van der Waals surface area (Å²) in [6.45, 7) is 1.91. The first-order chi connectivity index (χ1) is 10.0. The summed E-state index contributed by atoms with van der Waals surface area (Å²) in [4.78, 5) is 11.7. The van der Waals surface area contributed by atoms with E-state index < -0.39 is 18.3 Å². The number of ether oxygens (including phenoxy) is 2. The van der Waals surface area contributed by atoms with E-state index in [0.717, 1.165) is 0 Å². The van der Waals surface area contributed by atoms with E-state index in [1.54, 1.807) is 13.8 Å². The molecule has 0 radical (unpaired) electrons. The highest BCUT2D eigenvalue weighted by Crippen LogP contribution is 2.29. The molecule has 0 atom stereocenters. The molecule has 3 N–H and O–H groups in total. The zero-order valence-electron chi connectivity index (χ0n) is 13.0. The lowest BCUT2D eigenvalue weighted by Crippen LogP contribution is -2.48. The van der Waals surface area contributed by atoms with E-state index in [1.807, 2.05) is 0 Å². The van der Waals surface area contributed by atoms with E-state index >= 15 is 0 Å². The number of hydrogen-bond donors (Lipinski definition) is 2. The number of nitrogens with one attached hydrogen (secondary N) is 1. The van der Waals surface area contributed by atoms with Crippen molar-refractivity contribution < 1.29 is 27.4 Å². The van der Waals surface area contributed by atoms with Crippen molar-refractivity contribution in [2.75, 3.05) is 13.7 Å². The quantitative estimate of drug-likeness (QED) is 0.821. The van der Waals surface area contributed by atoms with Gasteiger partial charge in [-0.15, -0.1) is 12.4 Å². The molecule has 0 aliphatic carbocycles. The van der Waals surface area contributed by atoms with E-state index in [4.69, 9.17) is 10.5 Å². The highest BCUT2D eigenvalue weighted by molar-refractivity contribution is 5.85. The van der Waals surface area contributed by atoms with E-state index in [1.165, 1.54) is 25.3 Å². The van der Waals surface area contributed by atoms with Crippen LogP contribution in [0, 0.1) is 0 Å². The topological polar surface area (TPSA) is 73.6 Å². The Morgan fingerprint density at radius 1 is 1.26 bits per heavy atom. The van der Waals surface area contributed by atoms with E-state index in [-0.39, 0.29) is 36.4 Å². The summed E-state index contributed by atoms with van der Waals surface area (Å²) in [5.74, 6) is -0.207. The number of amides is 1. The van der Waals surface area contributed by atoms with Crippen molar-refractivity contribution in [2.24, 2.45) is 5.73 Å². The molecule has 1 amide bonds. The van der Waals surface area contributed by atoms with Crippen molar-refractivity contribution in [2.45, 2.75) is 32.1 Å². The number of hydrogen-bond acceptors (Lipinski definition) is 4. The first-order valence-corrected chi connectivity index (χ1v) is 6.46. The highest BCUT2D eigenvalue weighted by atomic mass is 35.5. The van der Waals surface area contributed by atoms with Crippen molar-refractivity contribution in [1.29, 1.82) is 0 Å². The maximum atomic E-state index is 12.2. The van der Waals surface area contributed by atoms with Gasteiger partial charge in [0.05, 0.1) is 12.6 Å². The van der Waals surface area contributed by atoms with Crippen LogP contribution in [0.25, 0.3) is 0 Å². The molecule has 132 valence electrons. The molecule has 0 bridgehead atoms. The standard InChI is InChI=1S/C14H19F3N2O3.ClH/c1-13(2,18)12(20)19-7-9-4-5-10(11(6-9)21-3)22-8-14(15,16)17;/h4-6H,7-8,18H2,1-3H3,(H,19,20);1H. The second kappa shape index (κ2) is 8.26.